The molecule has 0 unspecified atom stereocenters. The number of thioether (sulfide) groups is 1. The van der Waals surface area contributed by atoms with Gasteiger partial charge in [-0.15, -0.1) is 11.8 Å². The van der Waals surface area contributed by atoms with E-state index in [4.69, 9.17) is 0 Å². The molecule has 0 amide bonds. The molecule has 1 aromatic carbocycles. The van der Waals surface area contributed by atoms with Crippen LogP contribution in [-0.4, -0.2) is 16.8 Å². The van der Waals surface area contributed by atoms with Gasteiger partial charge in [-0.25, -0.2) is 0 Å². The van der Waals surface area contributed by atoms with Crippen molar-refractivity contribution in [1.82, 2.24) is 0 Å². The van der Waals surface area contributed by atoms with Crippen LogP contribution >= 0.6 is 27.7 Å². The smallest absolute Gasteiger partial charge is 0.153 e. The van der Waals surface area contributed by atoms with Crippen molar-refractivity contribution in [2.75, 3.05) is 0 Å². The van der Waals surface area contributed by atoms with Crippen LogP contribution in [0.1, 0.15) is 26.7 Å². The highest BCUT2D eigenvalue weighted by Crippen LogP contribution is 2.27. The summed E-state index contributed by atoms with van der Waals surface area (Å²) in [5, 5.41) is -0.550. The molecule has 0 aliphatic carbocycles. The molecule has 0 saturated carbocycles. The van der Waals surface area contributed by atoms with Gasteiger partial charge in [-0.2, -0.15) is 0 Å². The molecule has 0 fully saturated rings. The fourth-order valence-corrected chi connectivity index (χ4v) is 2.76. The number of carbonyl (C=O) groups is 2. The number of hydrogen-bond donors (Lipinski definition) is 0. The van der Waals surface area contributed by atoms with Crippen molar-refractivity contribution in [2.45, 2.75) is 36.8 Å². The summed E-state index contributed by atoms with van der Waals surface area (Å²) < 4.78 is 0.988. The largest absolute Gasteiger partial charge is 0.298 e. The average molecular weight is 315 g/mol. The highest BCUT2D eigenvalue weighted by atomic mass is 79.9. The quantitative estimate of drug-likeness (QED) is 0.590. The first-order chi connectivity index (χ1) is 8.08. The third-order valence-electron chi connectivity index (χ3n) is 2.35. The minimum atomic E-state index is -0.550. The summed E-state index contributed by atoms with van der Waals surface area (Å²) in [7, 11) is 0. The minimum Gasteiger partial charge on any atom is -0.298 e. The summed E-state index contributed by atoms with van der Waals surface area (Å²) in [6.07, 6.45) is 0.805. The number of Topliss-reactive ketones (excluding diaryl/α,β-unsaturated/α-hetero) is 2. The van der Waals surface area contributed by atoms with Gasteiger partial charge >= 0.3 is 0 Å². The monoisotopic (exact) mass is 314 g/mol. The van der Waals surface area contributed by atoms with Gasteiger partial charge in [0, 0.05) is 22.2 Å². The number of hydrogen-bond acceptors (Lipinski definition) is 3. The standard InChI is InChI=1S/C13H15BrO2S/c1-3-11(15)13(12(16)4-2)17-10-7-5-9(14)6-8-10/h5-8,13H,3-4H2,1-2H3. The first-order valence-electron chi connectivity index (χ1n) is 5.56. The van der Waals surface area contributed by atoms with E-state index in [0.29, 0.717) is 12.8 Å². The highest BCUT2D eigenvalue weighted by Gasteiger charge is 2.24. The first kappa shape index (κ1) is 14.5. The van der Waals surface area contributed by atoms with Crippen LogP contribution in [0.5, 0.6) is 0 Å². The van der Waals surface area contributed by atoms with Crippen molar-refractivity contribution >= 4 is 39.3 Å². The van der Waals surface area contributed by atoms with Crippen LogP contribution in [0.4, 0.5) is 0 Å². The lowest BCUT2D eigenvalue weighted by Crippen LogP contribution is -2.25. The Balaban J connectivity index is 2.82. The molecule has 0 N–H and O–H groups in total. The molecule has 92 valence electrons. The lowest BCUT2D eigenvalue weighted by Gasteiger charge is -2.12. The van der Waals surface area contributed by atoms with E-state index >= 15 is 0 Å². The summed E-state index contributed by atoms with van der Waals surface area (Å²) in [5.74, 6) is 0.00883. The molecule has 0 atom stereocenters. The van der Waals surface area contributed by atoms with Gasteiger partial charge in [0.1, 0.15) is 5.25 Å². The van der Waals surface area contributed by atoms with Crippen molar-refractivity contribution in [2.24, 2.45) is 0 Å². The number of benzene rings is 1. The van der Waals surface area contributed by atoms with E-state index in [-0.39, 0.29) is 11.6 Å². The number of halogens is 1. The van der Waals surface area contributed by atoms with Crippen LogP contribution < -0.4 is 0 Å². The van der Waals surface area contributed by atoms with Gasteiger partial charge < -0.3 is 0 Å². The Bertz CT molecular complexity index is 384. The molecule has 0 bridgehead atoms. The summed E-state index contributed by atoms with van der Waals surface area (Å²) in [6, 6.07) is 7.64. The maximum absolute atomic E-state index is 11.7. The minimum absolute atomic E-state index is 0.00442. The Kier molecular flexibility index (Phi) is 5.92. The second-order valence-electron chi connectivity index (χ2n) is 3.59. The molecular weight excluding hydrogens is 300 g/mol. The van der Waals surface area contributed by atoms with Crippen molar-refractivity contribution in [3.05, 3.63) is 28.7 Å². The maximum Gasteiger partial charge on any atom is 0.153 e. The van der Waals surface area contributed by atoms with Gasteiger partial charge in [0.15, 0.2) is 11.6 Å². The Labute approximate surface area is 114 Å². The van der Waals surface area contributed by atoms with Gasteiger partial charge in [0.2, 0.25) is 0 Å². The molecule has 17 heavy (non-hydrogen) atoms. The fraction of sp³-hybridized carbons (Fsp3) is 0.385. The van der Waals surface area contributed by atoms with Crippen LogP contribution in [-0.2, 0) is 9.59 Å². The molecule has 0 aromatic heterocycles. The van der Waals surface area contributed by atoms with E-state index < -0.39 is 5.25 Å². The van der Waals surface area contributed by atoms with E-state index in [1.54, 1.807) is 13.8 Å². The molecule has 1 aromatic rings. The average Bonchev–Trinajstić information content (AvgIpc) is 2.36. The molecule has 1 rings (SSSR count). The Morgan fingerprint density at radius 2 is 1.59 bits per heavy atom. The van der Waals surface area contributed by atoms with Gasteiger partial charge in [0.25, 0.3) is 0 Å². The van der Waals surface area contributed by atoms with Gasteiger partial charge in [0.05, 0.1) is 0 Å². The predicted octanol–water partition coefficient (Wildman–Crippen LogP) is 3.87. The third kappa shape index (κ3) is 4.28. The fourth-order valence-electron chi connectivity index (χ4n) is 1.33. The van der Waals surface area contributed by atoms with Crippen LogP contribution in [0.25, 0.3) is 0 Å². The molecule has 4 heteroatoms. The molecule has 2 nitrogen and oxygen atoms in total. The van der Waals surface area contributed by atoms with E-state index in [1.165, 1.54) is 11.8 Å². The number of rotatable bonds is 6. The van der Waals surface area contributed by atoms with Crippen molar-refractivity contribution in [3.63, 3.8) is 0 Å². The molecule has 0 spiro atoms. The zero-order chi connectivity index (χ0) is 12.8. The highest BCUT2D eigenvalue weighted by molar-refractivity contribution is 9.10. The van der Waals surface area contributed by atoms with Crippen molar-refractivity contribution in [1.29, 1.82) is 0 Å². The molecule has 0 aliphatic rings. The van der Waals surface area contributed by atoms with Crippen LogP contribution in [0.3, 0.4) is 0 Å². The van der Waals surface area contributed by atoms with E-state index in [0.717, 1.165) is 9.37 Å². The molecular formula is C13H15BrO2S. The van der Waals surface area contributed by atoms with Crippen molar-refractivity contribution in [3.8, 4) is 0 Å². The lowest BCUT2D eigenvalue weighted by atomic mass is 10.1. The maximum atomic E-state index is 11.7. The van der Waals surface area contributed by atoms with Gasteiger partial charge in [-0.05, 0) is 24.3 Å². The van der Waals surface area contributed by atoms with Crippen molar-refractivity contribution < 1.29 is 9.59 Å². The molecule has 0 aliphatic heterocycles. The van der Waals surface area contributed by atoms with Gasteiger partial charge in [-0.3, -0.25) is 9.59 Å². The first-order valence-corrected chi connectivity index (χ1v) is 7.23. The second-order valence-corrected chi connectivity index (χ2v) is 5.69. The summed E-state index contributed by atoms with van der Waals surface area (Å²) >= 11 is 4.70. The van der Waals surface area contributed by atoms with E-state index in [9.17, 15) is 9.59 Å². The SMILES string of the molecule is CCC(=O)C(Sc1ccc(Br)cc1)C(=O)CC. The lowest BCUT2D eigenvalue weighted by molar-refractivity contribution is -0.125. The summed E-state index contributed by atoms with van der Waals surface area (Å²) in [6.45, 7) is 3.58. The second kappa shape index (κ2) is 6.97. The van der Waals surface area contributed by atoms with Crippen LogP contribution in [0.2, 0.25) is 0 Å². The summed E-state index contributed by atoms with van der Waals surface area (Å²) in [4.78, 5) is 24.4. The summed E-state index contributed by atoms with van der Waals surface area (Å²) in [5.41, 5.74) is 0. The Hall–Kier alpha value is -0.610. The Morgan fingerprint density at radius 1 is 1.12 bits per heavy atom. The molecule has 0 radical (unpaired) electrons. The molecule has 0 heterocycles. The molecule has 0 saturated heterocycles. The topological polar surface area (TPSA) is 34.1 Å². The van der Waals surface area contributed by atoms with E-state index in [2.05, 4.69) is 15.9 Å². The number of carbonyl (C=O) groups excluding carboxylic acids is 2. The van der Waals surface area contributed by atoms with Crippen LogP contribution in [0.15, 0.2) is 33.6 Å². The van der Waals surface area contributed by atoms with Gasteiger partial charge in [-0.1, -0.05) is 29.8 Å². The number of ketones is 2. The zero-order valence-corrected chi connectivity index (χ0v) is 12.3. The normalized spacial score (nSPS) is 10.6. The third-order valence-corrected chi connectivity index (χ3v) is 4.18. The van der Waals surface area contributed by atoms with Crippen LogP contribution in [0, 0.1) is 0 Å². The van der Waals surface area contributed by atoms with E-state index in [1.807, 2.05) is 24.3 Å². The predicted molar refractivity (Wildman–Crippen MR) is 74.4 cm³/mol. The Morgan fingerprint density at radius 3 is 2.00 bits per heavy atom. The zero-order valence-electron chi connectivity index (χ0n) is 9.90.